The van der Waals surface area contributed by atoms with Crippen LogP contribution < -0.4 is 4.90 Å². The predicted molar refractivity (Wildman–Crippen MR) is 79.3 cm³/mol. The van der Waals surface area contributed by atoms with Crippen molar-refractivity contribution in [3.8, 4) is 0 Å². The van der Waals surface area contributed by atoms with E-state index in [9.17, 15) is 4.79 Å². The summed E-state index contributed by atoms with van der Waals surface area (Å²) in [6, 6.07) is 5.24. The van der Waals surface area contributed by atoms with Gasteiger partial charge in [0.1, 0.15) is 0 Å². The van der Waals surface area contributed by atoms with Crippen molar-refractivity contribution < 1.29 is 4.79 Å². The van der Waals surface area contributed by atoms with Crippen LogP contribution in [0, 0.1) is 0 Å². The Morgan fingerprint density at radius 2 is 2.10 bits per heavy atom. The first-order chi connectivity index (χ1) is 9.65. The molecule has 20 heavy (non-hydrogen) atoms. The number of nitrogens with zero attached hydrogens (tertiary/aromatic N) is 5. The van der Waals surface area contributed by atoms with Gasteiger partial charge in [-0.3, -0.25) is 4.79 Å². The Bertz CT molecular complexity index is 548. The van der Waals surface area contributed by atoms with Crippen molar-refractivity contribution in [1.82, 2.24) is 4.90 Å². The van der Waals surface area contributed by atoms with Gasteiger partial charge in [0.2, 0.25) is 5.91 Å². The summed E-state index contributed by atoms with van der Waals surface area (Å²) in [5.74, 6) is 0.189. The lowest BCUT2D eigenvalue weighted by molar-refractivity contribution is -0.131. The molecule has 0 saturated carbocycles. The molecule has 2 rings (SSSR count). The van der Waals surface area contributed by atoms with E-state index in [1.54, 1.807) is 12.1 Å². The number of rotatable bonds is 3. The Labute approximate surface area is 122 Å². The molecule has 1 amide bonds. The van der Waals surface area contributed by atoms with Gasteiger partial charge in [-0.1, -0.05) is 29.7 Å². The van der Waals surface area contributed by atoms with E-state index in [0.29, 0.717) is 30.2 Å². The van der Waals surface area contributed by atoms with Gasteiger partial charge < -0.3 is 9.80 Å². The third-order valence-electron chi connectivity index (χ3n) is 3.37. The number of halogens is 1. The predicted octanol–water partition coefficient (Wildman–Crippen LogP) is 3.34. The third kappa shape index (κ3) is 3.15. The molecule has 0 atom stereocenters. The number of anilines is 1. The largest absolute Gasteiger partial charge is 0.367 e. The van der Waals surface area contributed by atoms with Crippen LogP contribution in [-0.4, -0.2) is 37.0 Å². The third-order valence-corrected chi connectivity index (χ3v) is 3.67. The quantitative estimate of drug-likeness (QED) is 0.487. The summed E-state index contributed by atoms with van der Waals surface area (Å²) in [7, 11) is 0. The second kappa shape index (κ2) is 6.50. The lowest BCUT2D eigenvalue weighted by Gasteiger charge is -2.36. The van der Waals surface area contributed by atoms with E-state index in [0.717, 1.165) is 18.8 Å². The Kier molecular flexibility index (Phi) is 4.71. The van der Waals surface area contributed by atoms with Gasteiger partial charge in [0, 0.05) is 43.2 Å². The fraction of sp³-hybridized carbons (Fsp3) is 0.462. The molecule has 0 bridgehead atoms. The van der Waals surface area contributed by atoms with E-state index in [-0.39, 0.29) is 5.91 Å². The number of carbonyl (C=O) groups excluding carboxylic acids is 1. The Morgan fingerprint density at radius 3 is 2.65 bits per heavy atom. The molecule has 1 aromatic rings. The number of azide groups is 1. The van der Waals surface area contributed by atoms with Crippen LogP contribution in [0.2, 0.25) is 5.02 Å². The van der Waals surface area contributed by atoms with Gasteiger partial charge in [-0.25, -0.2) is 0 Å². The molecule has 1 aliphatic rings. The van der Waals surface area contributed by atoms with Crippen LogP contribution in [0.3, 0.4) is 0 Å². The Morgan fingerprint density at radius 1 is 1.40 bits per heavy atom. The molecule has 0 N–H and O–H groups in total. The van der Waals surface area contributed by atoms with E-state index in [4.69, 9.17) is 17.1 Å². The highest BCUT2D eigenvalue weighted by molar-refractivity contribution is 6.33. The zero-order chi connectivity index (χ0) is 14.5. The summed E-state index contributed by atoms with van der Waals surface area (Å²) in [5, 5.41) is 4.09. The average Bonchev–Trinajstić information content (AvgIpc) is 2.47. The van der Waals surface area contributed by atoms with Crippen molar-refractivity contribution in [2.75, 3.05) is 31.1 Å². The van der Waals surface area contributed by atoms with Crippen molar-refractivity contribution in [3.63, 3.8) is 0 Å². The van der Waals surface area contributed by atoms with Crippen LogP contribution in [0.1, 0.15) is 13.3 Å². The second-order valence-electron chi connectivity index (χ2n) is 4.55. The number of hydrogen-bond donors (Lipinski definition) is 0. The van der Waals surface area contributed by atoms with Crippen LogP contribution >= 0.6 is 11.6 Å². The molecule has 1 heterocycles. The minimum absolute atomic E-state index is 0.189. The molecule has 6 nitrogen and oxygen atoms in total. The van der Waals surface area contributed by atoms with Crippen molar-refractivity contribution in [1.29, 1.82) is 0 Å². The molecule has 106 valence electrons. The molecule has 0 aromatic heterocycles. The van der Waals surface area contributed by atoms with Gasteiger partial charge >= 0.3 is 0 Å². The Balaban J connectivity index is 2.07. The minimum Gasteiger partial charge on any atom is -0.367 e. The summed E-state index contributed by atoms with van der Waals surface area (Å²) >= 11 is 6.22. The SMILES string of the molecule is CCC(=O)N1CCN(c2ccc(N=[N+]=[N-])cc2Cl)CC1. The normalized spacial score (nSPS) is 14.9. The summed E-state index contributed by atoms with van der Waals surface area (Å²) in [6.45, 7) is 4.81. The molecule has 1 saturated heterocycles. The molecule has 1 fully saturated rings. The number of amides is 1. The summed E-state index contributed by atoms with van der Waals surface area (Å²) in [4.78, 5) is 18.4. The van der Waals surface area contributed by atoms with Gasteiger partial charge in [-0.15, -0.1) is 0 Å². The molecule has 1 aromatic carbocycles. The van der Waals surface area contributed by atoms with Gasteiger partial charge in [0.25, 0.3) is 0 Å². The molecule has 7 heteroatoms. The maximum atomic E-state index is 11.6. The van der Waals surface area contributed by atoms with E-state index in [1.165, 1.54) is 0 Å². The van der Waals surface area contributed by atoms with Crippen molar-refractivity contribution >= 4 is 28.9 Å². The molecular weight excluding hydrogens is 278 g/mol. The highest BCUT2D eigenvalue weighted by atomic mass is 35.5. The van der Waals surface area contributed by atoms with Crippen molar-refractivity contribution in [3.05, 3.63) is 33.7 Å². The fourth-order valence-corrected chi connectivity index (χ4v) is 2.58. The standard InChI is InChI=1S/C13H16ClN5O/c1-2-13(20)19-7-5-18(6-8-19)12-4-3-10(16-17-15)9-11(12)14/h3-4,9H,2,5-8H2,1H3. The molecule has 0 radical (unpaired) electrons. The van der Waals surface area contributed by atoms with E-state index in [1.807, 2.05) is 17.9 Å². The first-order valence-corrected chi connectivity index (χ1v) is 6.91. The van der Waals surface area contributed by atoms with Crippen LogP contribution in [-0.2, 0) is 4.79 Å². The number of carbonyl (C=O) groups is 1. The van der Waals surface area contributed by atoms with Crippen LogP contribution in [0.15, 0.2) is 23.3 Å². The fourth-order valence-electron chi connectivity index (χ4n) is 2.29. The molecule has 1 aliphatic heterocycles. The first kappa shape index (κ1) is 14.5. The maximum absolute atomic E-state index is 11.6. The monoisotopic (exact) mass is 293 g/mol. The molecule has 0 spiro atoms. The zero-order valence-corrected chi connectivity index (χ0v) is 12.0. The number of hydrogen-bond acceptors (Lipinski definition) is 3. The van der Waals surface area contributed by atoms with E-state index < -0.39 is 0 Å². The van der Waals surface area contributed by atoms with Gasteiger partial charge in [-0.05, 0) is 17.7 Å². The lowest BCUT2D eigenvalue weighted by atomic mass is 10.2. The van der Waals surface area contributed by atoms with Gasteiger partial charge in [0.05, 0.1) is 10.7 Å². The topological polar surface area (TPSA) is 72.3 Å². The highest BCUT2D eigenvalue weighted by Gasteiger charge is 2.21. The molecule has 0 unspecified atom stereocenters. The van der Waals surface area contributed by atoms with Crippen molar-refractivity contribution in [2.45, 2.75) is 13.3 Å². The summed E-state index contributed by atoms with van der Waals surface area (Å²) in [5.41, 5.74) is 9.81. The van der Waals surface area contributed by atoms with E-state index in [2.05, 4.69) is 14.9 Å². The highest BCUT2D eigenvalue weighted by Crippen LogP contribution is 2.30. The number of piperazine rings is 1. The van der Waals surface area contributed by atoms with Crippen LogP contribution in [0.5, 0.6) is 0 Å². The first-order valence-electron chi connectivity index (χ1n) is 6.53. The lowest BCUT2D eigenvalue weighted by Crippen LogP contribution is -2.48. The average molecular weight is 294 g/mol. The van der Waals surface area contributed by atoms with Gasteiger partial charge in [-0.2, -0.15) is 0 Å². The smallest absolute Gasteiger partial charge is 0.222 e. The molecule has 0 aliphatic carbocycles. The summed E-state index contributed by atoms with van der Waals surface area (Å²) < 4.78 is 0. The van der Waals surface area contributed by atoms with Crippen LogP contribution in [0.4, 0.5) is 11.4 Å². The Hall–Kier alpha value is -1.91. The van der Waals surface area contributed by atoms with Gasteiger partial charge in [0.15, 0.2) is 0 Å². The second-order valence-corrected chi connectivity index (χ2v) is 4.95. The maximum Gasteiger partial charge on any atom is 0.222 e. The molecular formula is C13H16ClN5O. The minimum atomic E-state index is 0.189. The zero-order valence-electron chi connectivity index (χ0n) is 11.3. The van der Waals surface area contributed by atoms with E-state index >= 15 is 0 Å². The summed E-state index contributed by atoms with van der Waals surface area (Å²) in [6.07, 6.45) is 0.543. The van der Waals surface area contributed by atoms with Crippen LogP contribution in [0.25, 0.3) is 10.4 Å². The van der Waals surface area contributed by atoms with Crippen molar-refractivity contribution in [2.24, 2.45) is 5.11 Å². The number of benzene rings is 1.